The van der Waals surface area contributed by atoms with Crippen molar-refractivity contribution in [2.45, 2.75) is 65.5 Å². The molecule has 0 fully saturated rings. The van der Waals surface area contributed by atoms with E-state index in [1.165, 1.54) is 10.6 Å². The third kappa shape index (κ3) is 9.07. The number of benzene rings is 2. The summed E-state index contributed by atoms with van der Waals surface area (Å²) in [6.45, 7) is 6.82. The van der Waals surface area contributed by atoms with Crippen LogP contribution in [0.15, 0.2) is 48.5 Å². The second-order valence-electron chi connectivity index (χ2n) is 9.16. The second kappa shape index (κ2) is 14.6. The van der Waals surface area contributed by atoms with E-state index < -0.39 is 16.1 Å². The van der Waals surface area contributed by atoms with Gasteiger partial charge in [-0.2, -0.15) is 0 Å². The first kappa shape index (κ1) is 30.2. The van der Waals surface area contributed by atoms with Crippen molar-refractivity contribution in [2.24, 2.45) is 0 Å². The highest BCUT2D eigenvalue weighted by Gasteiger charge is 2.29. The summed E-state index contributed by atoms with van der Waals surface area (Å²) in [5.74, 6) is 0.352. The van der Waals surface area contributed by atoms with Crippen molar-refractivity contribution in [3.63, 3.8) is 0 Å². The van der Waals surface area contributed by atoms with Crippen molar-refractivity contribution in [2.75, 3.05) is 30.8 Å². The fourth-order valence-corrected chi connectivity index (χ4v) is 5.20. The van der Waals surface area contributed by atoms with Crippen molar-refractivity contribution in [1.29, 1.82) is 0 Å². The van der Waals surface area contributed by atoms with Gasteiger partial charge in [0.1, 0.15) is 11.8 Å². The number of methoxy groups -OCH3 is 1. The van der Waals surface area contributed by atoms with Gasteiger partial charge < -0.3 is 15.0 Å². The normalized spacial score (nSPS) is 12.0. The Morgan fingerprint density at radius 1 is 1.03 bits per heavy atom. The van der Waals surface area contributed by atoms with Crippen molar-refractivity contribution in [3.8, 4) is 5.75 Å². The lowest BCUT2D eigenvalue weighted by atomic mass is 10.1. The van der Waals surface area contributed by atoms with Gasteiger partial charge in [-0.05, 0) is 55.5 Å². The molecular formula is C28H41N3O5S. The zero-order chi connectivity index (χ0) is 27.4. The molecule has 1 unspecified atom stereocenters. The molecular weight excluding hydrogens is 490 g/mol. The molecule has 0 spiro atoms. The molecule has 0 bridgehead atoms. The molecule has 0 aliphatic rings. The highest BCUT2D eigenvalue weighted by atomic mass is 32.2. The maximum Gasteiger partial charge on any atom is 0.242 e. The molecule has 0 heterocycles. The Kier molecular flexibility index (Phi) is 11.9. The SMILES string of the molecule is CCCCNC(=O)C(CC)N(Cc1ccc(OC)cc1)C(=O)CCCN(c1ccccc1C)S(C)(=O)=O. The number of ether oxygens (including phenoxy) is 1. The maximum atomic E-state index is 13.5. The standard InChI is InChI=1S/C28H41N3O5S/c1-6-8-19-29-28(33)25(7-2)30(21-23-15-17-24(36-4)18-16-23)27(32)14-11-20-31(37(5,34)35)26-13-10-9-12-22(26)3/h9-10,12-13,15-18,25H,6-8,11,14,19-21H2,1-5H3,(H,29,33). The minimum absolute atomic E-state index is 0.118. The summed E-state index contributed by atoms with van der Waals surface area (Å²) in [4.78, 5) is 28.1. The first-order chi connectivity index (χ1) is 17.6. The Morgan fingerprint density at radius 2 is 1.70 bits per heavy atom. The van der Waals surface area contributed by atoms with Gasteiger partial charge in [0.2, 0.25) is 21.8 Å². The number of aryl methyl sites for hydroxylation is 1. The van der Waals surface area contributed by atoms with Crippen LogP contribution in [-0.2, 0) is 26.2 Å². The lowest BCUT2D eigenvalue weighted by Gasteiger charge is -2.31. The molecule has 9 heteroatoms. The summed E-state index contributed by atoms with van der Waals surface area (Å²) in [7, 11) is -1.94. The zero-order valence-electron chi connectivity index (χ0n) is 22.7. The number of hydrogen-bond acceptors (Lipinski definition) is 5. The van der Waals surface area contributed by atoms with Gasteiger partial charge in [0, 0.05) is 26.1 Å². The van der Waals surface area contributed by atoms with E-state index in [9.17, 15) is 18.0 Å². The van der Waals surface area contributed by atoms with E-state index in [0.717, 1.165) is 24.0 Å². The summed E-state index contributed by atoms with van der Waals surface area (Å²) in [5.41, 5.74) is 2.33. The maximum absolute atomic E-state index is 13.5. The summed E-state index contributed by atoms with van der Waals surface area (Å²) in [6.07, 6.45) is 3.92. The Morgan fingerprint density at radius 3 is 2.27 bits per heavy atom. The molecule has 0 saturated heterocycles. The summed E-state index contributed by atoms with van der Waals surface area (Å²) >= 11 is 0. The zero-order valence-corrected chi connectivity index (χ0v) is 23.5. The third-order valence-electron chi connectivity index (χ3n) is 6.26. The predicted molar refractivity (Wildman–Crippen MR) is 148 cm³/mol. The number of anilines is 1. The van der Waals surface area contributed by atoms with E-state index >= 15 is 0 Å². The van der Waals surface area contributed by atoms with Gasteiger partial charge in [0.15, 0.2) is 0 Å². The number of amides is 2. The minimum atomic E-state index is -3.53. The quantitative estimate of drug-likeness (QED) is 0.346. The fraction of sp³-hybridized carbons (Fsp3) is 0.500. The van der Waals surface area contributed by atoms with Crippen molar-refractivity contribution in [1.82, 2.24) is 10.2 Å². The van der Waals surface area contributed by atoms with Crippen molar-refractivity contribution >= 4 is 27.5 Å². The van der Waals surface area contributed by atoms with Crippen LogP contribution < -0.4 is 14.4 Å². The molecule has 0 saturated carbocycles. The number of nitrogens with zero attached hydrogens (tertiary/aromatic N) is 2. The molecule has 0 radical (unpaired) electrons. The molecule has 2 amide bonds. The second-order valence-corrected chi connectivity index (χ2v) is 11.1. The van der Waals surface area contributed by atoms with Crippen LogP contribution in [0.4, 0.5) is 5.69 Å². The van der Waals surface area contributed by atoms with Crippen LogP contribution in [0.1, 0.15) is 57.1 Å². The first-order valence-corrected chi connectivity index (χ1v) is 14.7. The molecule has 0 aliphatic heterocycles. The average Bonchev–Trinajstić information content (AvgIpc) is 2.87. The number of carbonyl (C=O) groups excluding carboxylic acids is 2. The lowest BCUT2D eigenvalue weighted by Crippen LogP contribution is -2.49. The van der Waals surface area contributed by atoms with Gasteiger partial charge in [-0.1, -0.05) is 50.6 Å². The Bertz CT molecular complexity index is 1120. The molecule has 2 rings (SSSR count). The topological polar surface area (TPSA) is 96.0 Å². The Balaban J connectivity index is 2.21. The number of unbranched alkanes of at least 4 members (excludes halogenated alkanes) is 1. The van der Waals surface area contributed by atoms with E-state index in [4.69, 9.17) is 4.74 Å². The van der Waals surface area contributed by atoms with Crippen LogP contribution in [0.25, 0.3) is 0 Å². The summed E-state index contributed by atoms with van der Waals surface area (Å²) in [5, 5.41) is 2.96. The van der Waals surface area contributed by atoms with Crippen molar-refractivity contribution < 1.29 is 22.7 Å². The molecule has 204 valence electrons. The monoisotopic (exact) mass is 531 g/mol. The molecule has 0 aliphatic carbocycles. The number of sulfonamides is 1. The largest absolute Gasteiger partial charge is 0.497 e. The van der Waals surface area contributed by atoms with Crippen molar-refractivity contribution in [3.05, 3.63) is 59.7 Å². The van der Waals surface area contributed by atoms with E-state index in [2.05, 4.69) is 12.2 Å². The highest BCUT2D eigenvalue weighted by Crippen LogP contribution is 2.23. The number of para-hydroxylation sites is 1. The van der Waals surface area contributed by atoms with Gasteiger partial charge in [0.25, 0.3) is 0 Å². The van der Waals surface area contributed by atoms with Crippen LogP contribution in [0, 0.1) is 6.92 Å². The fourth-order valence-electron chi connectivity index (χ4n) is 4.18. The van der Waals surface area contributed by atoms with Crippen LogP contribution in [-0.4, -0.2) is 57.6 Å². The van der Waals surface area contributed by atoms with Gasteiger partial charge in [-0.3, -0.25) is 13.9 Å². The molecule has 8 nitrogen and oxygen atoms in total. The third-order valence-corrected chi connectivity index (χ3v) is 7.44. The molecule has 37 heavy (non-hydrogen) atoms. The summed E-state index contributed by atoms with van der Waals surface area (Å²) in [6, 6.07) is 14.1. The van der Waals surface area contributed by atoms with Crippen LogP contribution >= 0.6 is 0 Å². The molecule has 2 aromatic carbocycles. The molecule has 1 atom stereocenters. The van der Waals surface area contributed by atoms with E-state index in [0.29, 0.717) is 30.8 Å². The average molecular weight is 532 g/mol. The molecule has 0 aromatic heterocycles. The van der Waals surface area contributed by atoms with Gasteiger partial charge in [-0.15, -0.1) is 0 Å². The number of hydrogen-bond donors (Lipinski definition) is 1. The lowest BCUT2D eigenvalue weighted by molar-refractivity contribution is -0.141. The van der Waals surface area contributed by atoms with Crippen LogP contribution in [0.3, 0.4) is 0 Å². The summed E-state index contributed by atoms with van der Waals surface area (Å²) < 4.78 is 31.6. The van der Waals surface area contributed by atoms with E-state index in [-0.39, 0.29) is 31.3 Å². The number of rotatable bonds is 15. The van der Waals surface area contributed by atoms with Gasteiger partial charge in [0.05, 0.1) is 19.1 Å². The predicted octanol–water partition coefficient (Wildman–Crippen LogP) is 4.27. The minimum Gasteiger partial charge on any atom is -0.497 e. The van der Waals surface area contributed by atoms with Gasteiger partial charge in [-0.25, -0.2) is 8.42 Å². The first-order valence-electron chi connectivity index (χ1n) is 12.9. The van der Waals surface area contributed by atoms with E-state index in [1.54, 1.807) is 24.1 Å². The van der Waals surface area contributed by atoms with E-state index in [1.807, 2.05) is 50.2 Å². The van der Waals surface area contributed by atoms with Gasteiger partial charge >= 0.3 is 0 Å². The Hall–Kier alpha value is -3.07. The smallest absolute Gasteiger partial charge is 0.242 e. The number of nitrogens with one attached hydrogen (secondary N) is 1. The van der Waals surface area contributed by atoms with Crippen LogP contribution in [0.5, 0.6) is 5.75 Å². The number of carbonyl (C=O) groups is 2. The van der Waals surface area contributed by atoms with Crippen LogP contribution in [0.2, 0.25) is 0 Å². The highest BCUT2D eigenvalue weighted by molar-refractivity contribution is 7.92. The molecule has 1 N–H and O–H groups in total. The Labute approximate surface area is 222 Å². The molecule has 2 aromatic rings.